The Morgan fingerprint density at radius 3 is 2.68 bits per heavy atom. The van der Waals surface area contributed by atoms with E-state index in [1.54, 1.807) is 13.2 Å². The number of rotatable bonds is 4. The van der Waals surface area contributed by atoms with Crippen molar-refractivity contribution in [2.45, 2.75) is 25.6 Å². The van der Waals surface area contributed by atoms with Gasteiger partial charge >= 0.3 is 0 Å². The molecule has 1 aromatic rings. The molecule has 4 heteroatoms. The minimum absolute atomic E-state index is 0.276. The van der Waals surface area contributed by atoms with Gasteiger partial charge in [-0.2, -0.15) is 0 Å². The third-order valence-corrected chi connectivity index (χ3v) is 4.33. The SMILES string of the molecule is COc1cc(F)ccc1COC1CC2CNCC2C1. The Labute approximate surface area is 113 Å². The van der Waals surface area contributed by atoms with Crippen molar-refractivity contribution in [1.29, 1.82) is 0 Å². The Morgan fingerprint density at radius 2 is 2.00 bits per heavy atom. The topological polar surface area (TPSA) is 30.5 Å². The first kappa shape index (κ1) is 12.9. The van der Waals surface area contributed by atoms with Crippen LogP contribution in [-0.4, -0.2) is 26.3 Å². The Morgan fingerprint density at radius 1 is 1.26 bits per heavy atom. The Kier molecular flexibility index (Phi) is 3.71. The van der Waals surface area contributed by atoms with Gasteiger partial charge in [0.25, 0.3) is 0 Å². The number of fused-ring (bicyclic) bond motifs is 1. The van der Waals surface area contributed by atoms with Crippen LogP contribution in [0.2, 0.25) is 0 Å². The lowest BCUT2D eigenvalue weighted by Crippen LogP contribution is -2.16. The van der Waals surface area contributed by atoms with Crippen LogP contribution in [0.15, 0.2) is 18.2 Å². The molecule has 0 radical (unpaired) electrons. The summed E-state index contributed by atoms with van der Waals surface area (Å²) in [5, 5.41) is 3.43. The van der Waals surface area contributed by atoms with Gasteiger partial charge in [-0.3, -0.25) is 0 Å². The first-order chi connectivity index (χ1) is 9.26. The van der Waals surface area contributed by atoms with E-state index < -0.39 is 0 Å². The summed E-state index contributed by atoms with van der Waals surface area (Å²) in [6.45, 7) is 2.76. The Hall–Kier alpha value is -1.13. The molecule has 1 aliphatic heterocycles. The molecule has 0 spiro atoms. The number of nitrogens with one attached hydrogen (secondary N) is 1. The van der Waals surface area contributed by atoms with Crippen LogP contribution in [0.3, 0.4) is 0 Å². The zero-order valence-electron chi connectivity index (χ0n) is 11.2. The smallest absolute Gasteiger partial charge is 0.127 e. The largest absolute Gasteiger partial charge is 0.496 e. The molecule has 0 bridgehead atoms. The molecular weight excluding hydrogens is 245 g/mol. The molecular formula is C15H20FNO2. The van der Waals surface area contributed by atoms with Crippen molar-refractivity contribution in [3.63, 3.8) is 0 Å². The highest BCUT2D eigenvalue weighted by molar-refractivity contribution is 5.33. The summed E-state index contributed by atoms with van der Waals surface area (Å²) in [6.07, 6.45) is 2.62. The van der Waals surface area contributed by atoms with Crippen molar-refractivity contribution in [2.24, 2.45) is 11.8 Å². The van der Waals surface area contributed by atoms with Gasteiger partial charge in [-0.15, -0.1) is 0 Å². The third-order valence-electron chi connectivity index (χ3n) is 4.33. The van der Waals surface area contributed by atoms with Crippen LogP contribution in [0.5, 0.6) is 5.75 Å². The van der Waals surface area contributed by atoms with Crippen LogP contribution >= 0.6 is 0 Å². The lowest BCUT2D eigenvalue weighted by Gasteiger charge is -2.15. The minimum Gasteiger partial charge on any atom is -0.496 e. The summed E-state index contributed by atoms with van der Waals surface area (Å²) in [4.78, 5) is 0. The van der Waals surface area contributed by atoms with Crippen molar-refractivity contribution >= 4 is 0 Å². The number of hydrogen-bond acceptors (Lipinski definition) is 3. The highest BCUT2D eigenvalue weighted by Crippen LogP contribution is 2.36. The monoisotopic (exact) mass is 265 g/mol. The Bertz CT molecular complexity index is 440. The highest BCUT2D eigenvalue weighted by atomic mass is 19.1. The molecule has 1 N–H and O–H groups in total. The fraction of sp³-hybridized carbons (Fsp3) is 0.600. The number of methoxy groups -OCH3 is 1. The van der Waals surface area contributed by atoms with E-state index in [1.165, 1.54) is 12.1 Å². The van der Waals surface area contributed by atoms with Gasteiger partial charge in [-0.1, -0.05) is 6.07 Å². The van der Waals surface area contributed by atoms with Crippen LogP contribution in [0.25, 0.3) is 0 Å². The van der Waals surface area contributed by atoms with Crippen molar-refractivity contribution < 1.29 is 13.9 Å². The zero-order chi connectivity index (χ0) is 13.2. The van der Waals surface area contributed by atoms with E-state index in [4.69, 9.17) is 9.47 Å². The lowest BCUT2D eigenvalue weighted by molar-refractivity contribution is 0.0393. The van der Waals surface area contributed by atoms with Gasteiger partial charge in [0.15, 0.2) is 0 Å². The van der Waals surface area contributed by atoms with Crippen molar-refractivity contribution in [1.82, 2.24) is 5.32 Å². The van der Waals surface area contributed by atoms with Crippen LogP contribution < -0.4 is 10.1 Å². The summed E-state index contributed by atoms with van der Waals surface area (Å²) in [6, 6.07) is 4.60. The van der Waals surface area contributed by atoms with E-state index >= 15 is 0 Å². The molecule has 2 aliphatic rings. The molecule has 0 amide bonds. The van der Waals surface area contributed by atoms with Gasteiger partial charge in [-0.05, 0) is 43.8 Å². The molecule has 2 fully saturated rings. The van der Waals surface area contributed by atoms with E-state index in [-0.39, 0.29) is 5.82 Å². The van der Waals surface area contributed by atoms with Gasteiger partial charge in [0.05, 0.1) is 19.8 Å². The molecule has 19 heavy (non-hydrogen) atoms. The minimum atomic E-state index is -0.276. The van der Waals surface area contributed by atoms with E-state index in [0.717, 1.165) is 43.3 Å². The maximum atomic E-state index is 13.1. The van der Waals surface area contributed by atoms with E-state index in [0.29, 0.717) is 18.5 Å². The fourth-order valence-electron chi connectivity index (χ4n) is 3.29. The highest BCUT2D eigenvalue weighted by Gasteiger charge is 2.37. The molecule has 2 atom stereocenters. The number of halogens is 1. The molecule has 1 aromatic carbocycles. The van der Waals surface area contributed by atoms with Crippen LogP contribution in [0.1, 0.15) is 18.4 Å². The van der Waals surface area contributed by atoms with E-state index in [1.807, 2.05) is 0 Å². The van der Waals surface area contributed by atoms with Crippen molar-refractivity contribution in [2.75, 3.05) is 20.2 Å². The molecule has 1 saturated carbocycles. The number of benzene rings is 1. The van der Waals surface area contributed by atoms with Crippen LogP contribution in [0.4, 0.5) is 4.39 Å². The second kappa shape index (κ2) is 5.47. The zero-order valence-corrected chi connectivity index (χ0v) is 11.2. The molecule has 0 aromatic heterocycles. The van der Waals surface area contributed by atoms with Crippen LogP contribution in [0, 0.1) is 17.7 Å². The third kappa shape index (κ3) is 2.74. The van der Waals surface area contributed by atoms with E-state index in [2.05, 4.69) is 5.32 Å². The molecule has 3 rings (SSSR count). The second-order valence-corrected chi connectivity index (χ2v) is 5.54. The summed E-state index contributed by atoms with van der Waals surface area (Å²) in [5.74, 6) is 1.85. The molecule has 1 saturated heterocycles. The molecule has 2 unspecified atom stereocenters. The predicted molar refractivity (Wildman–Crippen MR) is 70.6 cm³/mol. The standard InChI is InChI=1S/C15H20FNO2/c1-18-15-6-13(16)3-2-10(15)9-19-14-4-11-7-17-8-12(11)5-14/h2-3,6,11-12,14,17H,4-5,7-9H2,1H3. The summed E-state index contributed by atoms with van der Waals surface area (Å²) in [7, 11) is 1.56. The van der Waals surface area contributed by atoms with Crippen LogP contribution in [-0.2, 0) is 11.3 Å². The quantitative estimate of drug-likeness (QED) is 0.906. The summed E-state index contributed by atoms with van der Waals surface area (Å²) >= 11 is 0. The Balaban J connectivity index is 1.58. The van der Waals surface area contributed by atoms with Gasteiger partial charge in [-0.25, -0.2) is 4.39 Å². The van der Waals surface area contributed by atoms with Gasteiger partial charge in [0.2, 0.25) is 0 Å². The average Bonchev–Trinajstić information content (AvgIpc) is 2.97. The summed E-state index contributed by atoms with van der Waals surface area (Å²) < 4.78 is 24.3. The van der Waals surface area contributed by atoms with Gasteiger partial charge < -0.3 is 14.8 Å². The maximum Gasteiger partial charge on any atom is 0.127 e. The molecule has 1 heterocycles. The molecule has 1 aliphatic carbocycles. The van der Waals surface area contributed by atoms with E-state index in [9.17, 15) is 4.39 Å². The maximum absolute atomic E-state index is 13.1. The van der Waals surface area contributed by atoms with Crippen molar-refractivity contribution in [3.05, 3.63) is 29.6 Å². The predicted octanol–water partition coefficient (Wildman–Crippen LogP) is 2.35. The second-order valence-electron chi connectivity index (χ2n) is 5.54. The molecule has 3 nitrogen and oxygen atoms in total. The first-order valence-electron chi connectivity index (χ1n) is 6.91. The van der Waals surface area contributed by atoms with Gasteiger partial charge in [0.1, 0.15) is 11.6 Å². The number of hydrogen-bond donors (Lipinski definition) is 1. The number of ether oxygens (including phenoxy) is 2. The van der Waals surface area contributed by atoms with Gasteiger partial charge in [0, 0.05) is 11.6 Å². The summed E-state index contributed by atoms with van der Waals surface area (Å²) in [5.41, 5.74) is 0.916. The average molecular weight is 265 g/mol. The lowest BCUT2D eigenvalue weighted by atomic mass is 10.0. The molecule has 104 valence electrons. The van der Waals surface area contributed by atoms with Crippen molar-refractivity contribution in [3.8, 4) is 5.75 Å². The normalized spacial score (nSPS) is 29.5. The fourth-order valence-corrected chi connectivity index (χ4v) is 3.29. The first-order valence-corrected chi connectivity index (χ1v) is 6.91.